The summed E-state index contributed by atoms with van der Waals surface area (Å²) in [7, 11) is 0. The maximum absolute atomic E-state index is 11.7. The largest absolute Gasteiger partial charge is 0.273 e. The molecule has 0 amide bonds. The van der Waals surface area contributed by atoms with Gasteiger partial charge in [0.25, 0.3) is 0 Å². The van der Waals surface area contributed by atoms with Crippen LogP contribution in [0.15, 0.2) is 24.8 Å². The lowest BCUT2D eigenvalue weighted by Crippen LogP contribution is -2.27. The van der Waals surface area contributed by atoms with Gasteiger partial charge in [0.05, 0.1) is 0 Å². The lowest BCUT2D eigenvalue weighted by molar-refractivity contribution is 0.0757. The van der Waals surface area contributed by atoms with E-state index in [1.165, 1.54) is 0 Å². The van der Waals surface area contributed by atoms with Crippen molar-refractivity contribution >= 4 is 57.0 Å². The number of carbonyl (C=O) groups is 2. The van der Waals surface area contributed by atoms with Gasteiger partial charge in [0.1, 0.15) is 0 Å². The number of carbonyl (C=O) groups excluding carboxylic acids is 2. The molecule has 132 valence electrons. The first-order chi connectivity index (χ1) is 10.9. The van der Waals surface area contributed by atoms with E-state index in [1.54, 1.807) is 33.9 Å². The Morgan fingerprint density at radius 1 is 0.792 bits per heavy atom. The summed E-state index contributed by atoms with van der Waals surface area (Å²) in [6.45, 7) is 11.4. The zero-order valence-electron chi connectivity index (χ0n) is 14.7. The van der Waals surface area contributed by atoms with Crippen molar-refractivity contribution in [2.45, 2.75) is 41.5 Å². The molecule has 0 spiro atoms. The molecule has 0 saturated heterocycles. The standard InChI is InChI=1S/2C8H11IN2O/c2*1-8(2,3)6(12)11-5-4-10-7(11)9/h2*4-5H,1-3H3. The van der Waals surface area contributed by atoms with Crippen LogP contribution in [0, 0.1) is 18.5 Å². The third-order valence-electron chi connectivity index (χ3n) is 2.91. The highest BCUT2D eigenvalue weighted by atomic mass is 127. The minimum atomic E-state index is -0.347. The first kappa shape index (κ1) is 21.3. The van der Waals surface area contributed by atoms with Crippen molar-refractivity contribution in [2.75, 3.05) is 0 Å². The van der Waals surface area contributed by atoms with Gasteiger partial charge in [-0.2, -0.15) is 0 Å². The van der Waals surface area contributed by atoms with Crippen LogP contribution in [0.2, 0.25) is 0 Å². The minimum absolute atomic E-state index is 0.0735. The summed E-state index contributed by atoms with van der Waals surface area (Å²) < 4.78 is 4.57. The Labute approximate surface area is 169 Å². The summed E-state index contributed by atoms with van der Waals surface area (Å²) in [5.74, 6) is 0.147. The predicted octanol–water partition coefficient (Wildman–Crippen LogP) is 4.35. The molecule has 0 aliphatic carbocycles. The zero-order chi connectivity index (χ0) is 18.7. The van der Waals surface area contributed by atoms with Crippen LogP contribution >= 0.6 is 45.2 Å². The number of nitrogens with zero attached hydrogens (tertiary/aromatic N) is 4. The molecule has 0 saturated carbocycles. The van der Waals surface area contributed by atoms with Crippen LogP contribution in [0.25, 0.3) is 0 Å². The van der Waals surface area contributed by atoms with Gasteiger partial charge < -0.3 is 0 Å². The summed E-state index contributed by atoms with van der Waals surface area (Å²) in [4.78, 5) is 31.3. The van der Waals surface area contributed by atoms with Crippen LogP contribution in [0.4, 0.5) is 0 Å². The van der Waals surface area contributed by atoms with E-state index in [4.69, 9.17) is 0 Å². The van der Waals surface area contributed by atoms with Crippen LogP contribution in [0.5, 0.6) is 0 Å². The Morgan fingerprint density at radius 2 is 1.08 bits per heavy atom. The quantitative estimate of drug-likeness (QED) is 0.453. The Balaban J connectivity index is 0.000000240. The third kappa shape index (κ3) is 5.64. The van der Waals surface area contributed by atoms with E-state index in [9.17, 15) is 9.59 Å². The Bertz CT molecular complexity index is 659. The van der Waals surface area contributed by atoms with Gasteiger partial charge in [0, 0.05) is 80.8 Å². The summed E-state index contributed by atoms with van der Waals surface area (Å²) in [5, 5.41) is 0. The Morgan fingerprint density at radius 3 is 1.25 bits per heavy atom. The number of aromatic nitrogens is 4. The van der Waals surface area contributed by atoms with Gasteiger partial charge in [-0.25, -0.2) is 9.97 Å². The molecule has 24 heavy (non-hydrogen) atoms. The van der Waals surface area contributed by atoms with Crippen molar-refractivity contribution in [3.05, 3.63) is 32.4 Å². The first-order valence-electron chi connectivity index (χ1n) is 7.33. The van der Waals surface area contributed by atoms with Crippen molar-refractivity contribution < 1.29 is 9.59 Å². The van der Waals surface area contributed by atoms with Crippen LogP contribution in [-0.4, -0.2) is 30.9 Å². The van der Waals surface area contributed by atoms with Crippen LogP contribution in [0.3, 0.4) is 0 Å². The van der Waals surface area contributed by atoms with Gasteiger partial charge in [-0.3, -0.25) is 18.7 Å². The van der Waals surface area contributed by atoms with E-state index in [0.717, 1.165) is 0 Å². The molecule has 0 aliphatic heterocycles. The van der Waals surface area contributed by atoms with Gasteiger partial charge in [-0.1, -0.05) is 41.5 Å². The van der Waals surface area contributed by atoms with Gasteiger partial charge >= 0.3 is 0 Å². The fourth-order valence-corrected chi connectivity index (χ4v) is 2.68. The summed E-state index contributed by atoms with van der Waals surface area (Å²) >= 11 is 4.08. The highest BCUT2D eigenvalue weighted by molar-refractivity contribution is 14.1. The second-order valence-corrected chi connectivity index (χ2v) is 9.17. The van der Waals surface area contributed by atoms with E-state index in [-0.39, 0.29) is 22.6 Å². The molecule has 0 fully saturated rings. The molecule has 0 bridgehead atoms. The topological polar surface area (TPSA) is 69.8 Å². The molecule has 0 aromatic carbocycles. The lowest BCUT2D eigenvalue weighted by Gasteiger charge is -2.16. The molecule has 2 aromatic heterocycles. The van der Waals surface area contributed by atoms with E-state index in [1.807, 2.05) is 86.7 Å². The zero-order valence-corrected chi connectivity index (χ0v) is 19.0. The van der Waals surface area contributed by atoms with Gasteiger partial charge in [0.2, 0.25) is 11.8 Å². The van der Waals surface area contributed by atoms with Crippen molar-refractivity contribution in [3.8, 4) is 0 Å². The fourth-order valence-electron chi connectivity index (χ4n) is 1.60. The van der Waals surface area contributed by atoms with Gasteiger partial charge in [-0.15, -0.1) is 0 Å². The van der Waals surface area contributed by atoms with E-state index in [0.29, 0.717) is 7.66 Å². The monoisotopic (exact) mass is 556 g/mol. The molecule has 0 unspecified atom stereocenters. The number of hydrogen-bond donors (Lipinski definition) is 0. The molecule has 0 aliphatic rings. The number of hydrogen-bond acceptors (Lipinski definition) is 4. The first-order valence-corrected chi connectivity index (χ1v) is 9.48. The van der Waals surface area contributed by atoms with Crippen molar-refractivity contribution in [3.63, 3.8) is 0 Å². The summed E-state index contributed by atoms with van der Waals surface area (Å²) in [6, 6.07) is 0. The molecule has 0 atom stereocenters. The molecule has 2 aromatic rings. The molecule has 8 heteroatoms. The second-order valence-electron chi connectivity index (χ2n) is 7.24. The minimum Gasteiger partial charge on any atom is -0.273 e. The van der Waals surface area contributed by atoms with E-state index >= 15 is 0 Å². The van der Waals surface area contributed by atoms with Gasteiger partial charge in [-0.05, 0) is 0 Å². The Kier molecular flexibility index (Phi) is 7.15. The maximum atomic E-state index is 11.7. The highest BCUT2D eigenvalue weighted by Crippen LogP contribution is 2.18. The highest BCUT2D eigenvalue weighted by Gasteiger charge is 2.24. The van der Waals surface area contributed by atoms with E-state index in [2.05, 4.69) is 9.97 Å². The molecule has 2 heterocycles. The Hall–Kier alpha value is -0.780. The summed E-state index contributed by atoms with van der Waals surface area (Å²) in [5.41, 5.74) is -0.693. The van der Waals surface area contributed by atoms with Crippen LogP contribution < -0.4 is 0 Å². The number of imidazole rings is 2. The number of rotatable bonds is 0. The maximum Gasteiger partial charge on any atom is 0.238 e. The SMILES string of the molecule is CC(C)(C)C(=O)n1ccnc1I.CC(C)(C)C(=O)n1ccnc1I. The average Bonchev–Trinajstić information content (AvgIpc) is 3.04. The van der Waals surface area contributed by atoms with Crippen LogP contribution in [0.1, 0.15) is 51.1 Å². The van der Waals surface area contributed by atoms with Gasteiger partial charge in [0.15, 0.2) is 7.66 Å². The molecule has 6 nitrogen and oxygen atoms in total. The third-order valence-corrected chi connectivity index (χ3v) is 4.51. The van der Waals surface area contributed by atoms with Crippen molar-refractivity contribution in [1.82, 2.24) is 19.1 Å². The molecule has 2 rings (SSSR count). The number of halogens is 2. The lowest BCUT2D eigenvalue weighted by atomic mass is 9.96. The molecule has 0 radical (unpaired) electrons. The molecular weight excluding hydrogens is 534 g/mol. The predicted molar refractivity (Wildman–Crippen MR) is 110 cm³/mol. The molecule has 0 N–H and O–H groups in total. The van der Waals surface area contributed by atoms with Crippen molar-refractivity contribution in [2.24, 2.45) is 10.8 Å². The fraction of sp³-hybridized carbons (Fsp3) is 0.500. The van der Waals surface area contributed by atoms with E-state index < -0.39 is 0 Å². The smallest absolute Gasteiger partial charge is 0.238 e. The normalized spacial score (nSPS) is 11.7. The second kappa shape index (κ2) is 8.07. The van der Waals surface area contributed by atoms with Crippen LogP contribution in [-0.2, 0) is 0 Å². The average molecular weight is 556 g/mol. The molecular formula is C16H22I2N4O2. The van der Waals surface area contributed by atoms with Crippen molar-refractivity contribution in [1.29, 1.82) is 0 Å². The summed E-state index contributed by atoms with van der Waals surface area (Å²) in [6.07, 6.45) is 6.64.